The van der Waals surface area contributed by atoms with Crippen molar-refractivity contribution in [2.45, 2.75) is 26.3 Å². The number of nitrogens with one attached hydrogen (secondary N) is 1. The summed E-state index contributed by atoms with van der Waals surface area (Å²) in [5.41, 5.74) is 1.95. The highest BCUT2D eigenvalue weighted by Gasteiger charge is 2.25. The molecule has 1 fully saturated rings. The van der Waals surface area contributed by atoms with Crippen LogP contribution in [-0.2, 0) is 20.8 Å². The number of carboxylic acids is 1. The van der Waals surface area contributed by atoms with Crippen LogP contribution >= 0.6 is 0 Å². The van der Waals surface area contributed by atoms with Gasteiger partial charge in [0.05, 0.1) is 13.1 Å². The minimum atomic E-state index is -0.948. The number of anilines is 1. The van der Waals surface area contributed by atoms with Crippen molar-refractivity contribution in [3.8, 4) is 0 Å². The number of nitrogens with zero attached hydrogens (tertiary/aromatic N) is 3. The van der Waals surface area contributed by atoms with Crippen LogP contribution in [-0.4, -0.2) is 89.9 Å². The molecule has 1 aliphatic rings. The van der Waals surface area contributed by atoms with Gasteiger partial charge in [0, 0.05) is 31.9 Å². The van der Waals surface area contributed by atoms with Crippen molar-refractivity contribution in [2.75, 3.05) is 51.6 Å². The van der Waals surface area contributed by atoms with Gasteiger partial charge >= 0.3 is 5.97 Å². The van der Waals surface area contributed by atoms with E-state index in [0.717, 1.165) is 17.7 Å². The highest BCUT2D eigenvalue weighted by Crippen LogP contribution is 2.15. The van der Waals surface area contributed by atoms with Gasteiger partial charge in [-0.25, -0.2) is 0 Å². The molecule has 1 saturated heterocycles. The van der Waals surface area contributed by atoms with Crippen LogP contribution in [0.15, 0.2) is 24.3 Å². The summed E-state index contributed by atoms with van der Waals surface area (Å²) >= 11 is 0. The first-order valence-corrected chi connectivity index (χ1v) is 9.62. The zero-order valence-electron chi connectivity index (χ0n) is 16.9. The zero-order valence-corrected chi connectivity index (χ0v) is 16.9. The second kappa shape index (κ2) is 10.2. The van der Waals surface area contributed by atoms with Gasteiger partial charge in [0.15, 0.2) is 0 Å². The third-order valence-electron chi connectivity index (χ3n) is 5.17. The lowest BCUT2D eigenvalue weighted by Crippen LogP contribution is -2.53. The van der Waals surface area contributed by atoms with Gasteiger partial charge in [0.25, 0.3) is 0 Å². The molecule has 2 N–H and O–H groups in total. The van der Waals surface area contributed by atoms with Crippen molar-refractivity contribution in [2.24, 2.45) is 0 Å². The standard InChI is InChI=1S/C20H30N4O4/c1-4-16-7-5-6-8-17(16)21-18(25)13-23-9-11-24(12-10-23)19(26)14-22(3)15(2)20(27)28/h5-8,15H,4,9-14H2,1-3H3,(H,21,25)(H,27,28). The molecule has 0 saturated carbocycles. The Morgan fingerprint density at radius 2 is 1.82 bits per heavy atom. The largest absolute Gasteiger partial charge is 0.480 e. The molecular weight excluding hydrogens is 360 g/mol. The van der Waals surface area contributed by atoms with Crippen LogP contribution in [0.3, 0.4) is 0 Å². The third kappa shape index (κ3) is 6.03. The van der Waals surface area contributed by atoms with E-state index in [-0.39, 0.29) is 24.9 Å². The van der Waals surface area contributed by atoms with E-state index in [1.54, 1.807) is 18.9 Å². The van der Waals surface area contributed by atoms with E-state index in [2.05, 4.69) is 12.2 Å². The monoisotopic (exact) mass is 390 g/mol. The van der Waals surface area contributed by atoms with Crippen molar-refractivity contribution in [1.29, 1.82) is 0 Å². The molecule has 8 heteroatoms. The Morgan fingerprint density at radius 3 is 2.43 bits per heavy atom. The number of hydrogen-bond donors (Lipinski definition) is 2. The second-order valence-corrected chi connectivity index (χ2v) is 7.15. The summed E-state index contributed by atoms with van der Waals surface area (Å²) in [5.74, 6) is -1.09. The minimum absolute atomic E-state index is 0.0595. The Hall–Kier alpha value is -2.45. The fourth-order valence-corrected chi connectivity index (χ4v) is 3.14. The number of rotatable bonds is 8. The van der Waals surface area contributed by atoms with Crippen LogP contribution in [0.2, 0.25) is 0 Å². The summed E-state index contributed by atoms with van der Waals surface area (Å²) in [4.78, 5) is 41.0. The molecular formula is C20H30N4O4. The van der Waals surface area contributed by atoms with Gasteiger partial charge in [0.2, 0.25) is 11.8 Å². The number of carboxylic acid groups (broad SMARTS) is 1. The Balaban J connectivity index is 1.78. The number of hydrogen-bond acceptors (Lipinski definition) is 5. The molecule has 0 aromatic heterocycles. The number of para-hydroxylation sites is 1. The van der Waals surface area contributed by atoms with E-state index in [0.29, 0.717) is 26.2 Å². The van der Waals surface area contributed by atoms with Gasteiger partial charge < -0.3 is 15.3 Å². The maximum Gasteiger partial charge on any atom is 0.320 e. The van der Waals surface area contributed by atoms with Crippen molar-refractivity contribution < 1.29 is 19.5 Å². The highest BCUT2D eigenvalue weighted by molar-refractivity contribution is 5.93. The van der Waals surface area contributed by atoms with Gasteiger partial charge in [-0.2, -0.15) is 0 Å². The van der Waals surface area contributed by atoms with Gasteiger partial charge in [-0.05, 0) is 32.0 Å². The Labute approximate surface area is 166 Å². The number of carbonyl (C=O) groups excluding carboxylic acids is 2. The molecule has 2 rings (SSSR count). The molecule has 1 aromatic carbocycles. The van der Waals surface area contributed by atoms with E-state index in [1.807, 2.05) is 29.2 Å². The predicted octanol–water partition coefficient (Wildman–Crippen LogP) is 0.737. The smallest absolute Gasteiger partial charge is 0.320 e. The number of amides is 2. The van der Waals surface area contributed by atoms with Crippen LogP contribution in [0.1, 0.15) is 19.4 Å². The second-order valence-electron chi connectivity index (χ2n) is 7.15. The first-order valence-electron chi connectivity index (χ1n) is 9.62. The summed E-state index contributed by atoms with van der Waals surface area (Å²) in [6.45, 7) is 6.27. The normalized spacial score (nSPS) is 16.1. The average Bonchev–Trinajstić information content (AvgIpc) is 2.68. The van der Waals surface area contributed by atoms with Crippen LogP contribution in [0.5, 0.6) is 0 Å². The SMILES string of the molecule is CCc1ccccc1NC(=O)CN1CCN(C(=O)CN(C)C(C)C(=O)O)CC1. The van der Waals surface area contributed by atoms with E-state index in [4.69, 9.17) is 5.11 Å². The molecule has 2 amide bonds. The molecule has 28 heavy (non-hydrogen) atoms. The van der Waals surface area contributed by atoms with E-state index < -0.39 is 12.0 Å². The summed E-state index contributed by atoms with van der Waals surface area (Å²) in [7, 11) is 1.63. The fraction of sp³-hybridized carbons (Fsp3) is 0.550. The zero-order chi connectivity index (χ0) is 20.7. The molecule has 1 aliphatic heterocycles. The quantitative estimate of drug-likeness (QED) is 0.680. The molecule has 0 spiro atoms. The van der Waals surface area contributed by atoms with Gasteiger partial charge in [0.1, 0.15) is 6.04 Å². The number of aryl methyl sites for hydroxylation is 1. The van der Waals surface area contributed by atoms with E-state index in [1.165, 1.54) is 4.90 Å². The molecule has 0 bridgehead atoms. The first kappa shape index (κ1) is 21.8. The number of piperazine rings is 1. The van der Waals surface area contributed by atoms with Crippen molar-refractivity contribution in [3.05, 3.63) is 29.8 Å². The van der Waals surface area contributed by atoms with Gasteiger partial charge in [-0.15, -0.1) is 0 Å². The van der Waals surface area contributed by atoms with Crippen molar-refractivity contribution >= 4 is 23.5 Å². The van der Waals surface area contributed by atoms with Crippen molar-refractivity contribution in [3.63, 3.8) is 0 Å². The molecule has 1 atom stereocenters. The highest BCUT2D eigenvalue weighted by atomic mass is 16.4. The van der Waals surface area contributed by atoms with Crippen LogP contribution in [0.25, 0.3) is 0 Å². The summed E-state index contributed by atoms with van der Waals surface area (Å²) < 4.78 is 0. The van der Waals surface area contributed by atoms with Gasteiger partial charge in [-0.3, -0.25) is 24.2 Å². The van der Waals surface area contributed by atoms with Crippen molar-refractivity contribution in [1.82, 2.24) is 14.7 Å². The predicted molar refractivity (Wildman–Crippen MR) is 107 cm³/mol. The first-order chi connectivity index (χ1) is 13.3. The maximum atomic E-state index is 12.4. The lowest BCUT2D eigenvalue weighted by Gasteiger charge is -2.35. The topological polar surface area (TPSA) is 93.2 Å². The summed E-state index contributed by atoms with van der Waals surface area (Å²) in [6, 6.07) is 7.06. The minimum Gasteiger partial charge on any atom is -0.480 e. The number of carbonyl (C=O) groups is 3. The molecule has 1 aromatic rings. The van der Waals surface area contributed by atoms with Gasteiger partial charge in [-0.1, -0.05) is 25.1 Å². The summed E-state index contributed by atoms with van der Waals surface area (Å²) in [5, 5.41) is 12.0. The number of likely N-dealkylation sites (N-methyl/N-ethyl adjacent to an activating group) is 1. The molecule has 1 unspecified atom stereocenters. The number of benzene rings is 1. The molecule has 1 heterocycles. The Kier molecular flexibility index (Phi) is 7.95. The van der Waals surface area contributed by atoms with E-state index >= 15 is 0 Å². The third-order valence-corrected chi connectivity index (χ3v) is 5.17. The number of aliphatic carboxylic acids is 1. The van der Waals surface area contributed by atoms with Crippen LogP contribution < -0.4 is 5.32 Å². The Morgan fingerprint density at radius 1 is 1.18 bits per heavy atom. The van der Waals surface area contributed by atoms with E-state index in [9.17, 15) is 14.4 Å². The van der Waals surface area contributed by atoms with Crippen LogP contribution in [0.4, 0.5) is 5.69 Å². The molecule has 154 valence electrons. The lowest BCUT2D eigenvalue weighted by atomic mass is 10.1. The maximum absolute atomic E-state index is 12.4. The van der Waals surface area contributed by atoms with Crippen LogP contribution in [0, 0.1) is 0 Å². The average molecular weight is 390 g/mol. The fourth-order valence-electron chi connectivity index (χ4n) is 3.14. The molecule has 0 radical (unpaired) electrons. The lowest BCUT2D eigenvalue weighted by molar-refractivity contribution is -0.143. The summed E-state index contributed by atoms with van der Waals surface area (Å²) in [6.07, 6.45) is 0.853. The Bertz CT molecular complexity index is 701. The molecule has 8 nitrogen and oxygen atoms in total. The molecule has 0 aliphatic carbocycles.